The fraction of sp³-hybridized carbons (Fsp3) is 0. The third-order valence-corrected chi connectivity index (χ3v) is 9.48. The molecule has 0 saturated heterocycles. The maximum Gasteiger partial charge on any atom is 0.147 e. The van der Waals surface area contributed by atoms with Crippen molar-refractivity contribution in [3.8, 4) is 33.4 Å². The van der Waals surface area contributed by atoms with Gasteiger partial charge >= 0.3 is 0 Å². The SMILES string of the molecule is c1ccc(-c2ccc(-c3c4ccccc4c(-c4cccc5oc6c(ccc7oc8ccccc8c76)c45)c4ccccc34)cc2)cc1. The number of para-hydroxylation sites is 1. The second kappa shape index (κ2) is 9.69. The summed E-state index contributed by atoms with van der Waals surface area (Å²) in [5.41, 5.74) is 10.7. The van der Waals surface area contributed by atoms with Crippen LogP contribution in [0.15, 0.2) is 167 Å². The average molecular weight is 587 g/mol. The fourth-order valence-corrected chi connectivity index (χ4v) is 7.49. The van der Waals surface area contributed by atoms with E-state index in [9.17, 15) is 0 Å². The second-order valence-corrected chi connectivity index (χ2v) is 12.0. The summed E-state index contributed by atoms with van der Waals surface area (Å²) in [6.45, 7) is 0. The molecule has 0 amide bonds. The molecule has 0 aliphatic rings. The van der Waals surface area contributed by atoms with Gasteiger partial charge in [0, 0.05) is 16.2 Å². The molecule has 0 saturated carbocycles. The highest BCUT2D eigenvalue weighted by Crippen LogP contribution is 2.48. The molecule has 8 aromatic carbocycles. The minimum Gasteiger partial charge on any atom is -0.456 e. The van der Waals surface area contributed by atoms with Gasteiger partial charge in [0.15, 0.2) is 0 Å². The minimum absolute atomic E-state index is 0.841. The lowest BCUT2D eigenvalue weighted by Gasteiger charge is -2.18. The van der Waals surface area contributed by atoms with Gasteiger partial charge in [-0.05, 0) is 79.2 Å². The number of furan rings is 2. The molecule has 2 heterocycles. The molecule has 0 N–H and O–H groups in total. The zero-order chi connectivity index (χ0) is 30.2. The molecule has 2 heteroatoms. The summed E-state index contributed by atoms with van der Waals surface area (Å²) in [5.74, 6) is 0. The van der Waals surface area contributed by atoms with E-state index < -0.39 is 0 Å². The summed E-state index contributed by atoms with van der Waals surface area (Å²) in [5, 5.41) is 9.23. The van der Waals surface area contributed by atoms with Gasteiger partial charge in [-0.15, -0.1) is 0 Å². The smallest absolute Gasteiger partial charge is 0.147 e. The summed E-state index contributed by atoms with van der Waals surface area (Å²) in [7, 11) is 0. The summed E-state index contributed by atoms with van der Waals surface area (Å²) in [6.07, 6.45) is 0. The Kier molecular flexibility index (Phi) is 5.31. The molecular weight excluding hydrogens is 560 g/mol. The van der Waals surface area contributed by atoms with E-state index in [1.807, 2.05) is 12.1 Å². The number of hydrogen-bond donors (Lipinski definition) is 0. The first-order valence-electron chi connectivity index (χ1n) is 15.7. The number of hydrogen-bond acceptors (Lipinski definition) is 2. The van der Waals surface area contributed by atoms with Crippen LogP contribution in [0.5, 0.6) is 0 Å². The fourth-order valence-electron chi connectivity index (χ4n) is 7.49. The van der Waals surface area contributed by atoms with Crippen LogP contribution < -0.4 is 0 Å². The minimum atomic E-state index is 0.841. The Morgan fingerprint density at radius 2 is 0.826 bits per heavy atom. The Labute approximate surface area is 264 Å². The molecular formula is C44H26O2. The average Bonchev–Trinajstić information content (AvgIpc) is 3.70. The summed E-state index contributed by atoms with van der Waals surface area (Å²) < 4.78 is 12.9. The van der Waals surface area contributed by atoms with E-state index in [-0.39, 0.29) is 0 Å². The van der Waals surface area contributed by atoms with Gasteiger partial charge in [-0.3, -0.25) is 0 Å². The van der Waals surface area contributed by atoms with E-state index in [2.05, 4.69) is 146 Å². The monoisotopic (exact) mass is 586 g/mol. The predicted molar refractivity (Wildman–Crippen MR) is 192 cm³/mol. The lowest BCUT2D eigenvalue weighted by Crippen LogP contribution is -1.91. The maximum absolute atomic E-state index is 6.70. The van der Waals surface area contributed by atoms with Crippen LogP contribution in [-0.4, -0.2) is 0 Å². The maximum atomic E-state index is 6.70. The molecule has 2 aromatic heterocycles. The van der Waals surface area contributed by atoms with E-state index >= 15 is 0 Å². The van der Waals surface area contributed by atoms with E-state index in [0.717, 1.165) is 43.9 Å². The molecule has 0 aliphatic carbocycles. The van der Waals surface area contributed by atoms with Crippen molar-refractivity contribution < 1.29 is 8.83 Å². The van der Waals surface area contributed by atoms with Gasteiger partial charge in [-0.2, -0.15) is 0 Å². The van der Waals surface area contributed by atoms with E-state index in [1.54, 1.807) is 0 Å². The van der Waals surface area contributed by atoms with Crippen LogP contribution in [0.25, 0.3) is 98.8 Å². The molecule has 0 spiro atoms. The first-order chi connectivity index (χ1) is 22.8. The van der Waals surface area contributed by atoms with Gasteiger partial charge in [0.2, 0.25) is 0 Å². The van der Waals surface area contributed by atoms with Gasteiger partial charge in [-0.1, -0.05) is 133 Å². The Bertz CT molecular complexity index is 2720. The van der Waals surface area contributed by atoms with E-state index in [0.29, 0.717) is 0 Å². The van der Waals surface area contributed by atoms with Gasteiger partial charge in [0.05, 0.1) is 5.39 Å². The zero-order valence-electron chi connectivity index (χ0n) is 24.8. The molecule has 0 radical (unpaired) electrons. The third-order valence-electron chi connectivity index (χ3n) is 9.48. The van der Waals surface area contributed by atoms with Gasteiger partial charge in [-0.25, -0.2) is 0 Å². The summed E-state index contributed by atoms with van der Waals surface area (Å²) in [6, 6.07) is 56.1. The molecule has 46 heavy (non-hydrogen) atoms. The largest absolute Gasteiger partial charge is 0.456 e. The van der Waals surface area contributed by atoms with Crippen molar-refractivity contribution in [2.45, 2.75) is 0 Å². The quantitative estimate of drug-likeness (QED) is 0.193. The summed E-state index contributed by atoms with van der Waals surface area (Å²) >= 11 is 0. The van der Waals surface area contributed by atoms with Crippen molar-refractivity contribution in [2.24, 2.45) is 0 Å². The van der Waals surface area contributed by atoms with Crippen molar-refractivity contribution in [1.82, 2.24) is 0 Å². The number of fused-ring (bicyclic) bond motifs is 9. The Balaban J connectivity index is 1.28. The lowest BCUT2D eigenvalue weighted by molar-refractivity contribution is 0.663. The van der Waals surface area contributed by atoms with Gasteiger partial charge in [0.25, 0.3) is 0 Å². The van der Waals surface area contributed by atoms with Crippen LogP contribution >= 0.6 is 0 Å². The van der Waals surface area contributed by atoms with Gasteiger partial charge in [0.1, 0.15) is 22.3 Å². The Morgan fingerprint density at radius 3 is 1.54 bits per heavy atom. The molecule has 10 rings (SSSR count). The molecule has 214 valence electrons. The normalized spacial score (nSPS) is 11.9. The van der Waals surface area contributed by atoms with Crippen molar-refractivity contribution in [3.63, 3.8) is 0 Å². The highest BCUT2D eigenvalue weighted by Gasteiger charge is 2.22. The third kappa shape index (κ3) is 3.59. The highest BCUT2D eigenvalue weighted by molar-refractivity contribution is 6.28. The lowest BCUT2D eigenvalue weighted by atomic mass is 9.84. The predicted octanol–water partition coefficient (Wildman–Crippen LogP) is 12.8. The standard InChI is InChI=1S/C44H26O2/c1-2-11-27(12-3-1)28-21-23-29(24-22-28)40-30-13-4-6-15-32(30)41(33-16-7-5-14-31(33)40)35-18-10-20-38-42(35)36-25-26-39-43(44(36)46-38)34-17-8-9-19-37(34)45-39/h1-26H. The Hall–Kier alpha value is -6.12. The van der Waals surface area contributed by atoms with Crippen LogP contribution in [0.2, 0.25) is 0 Å². The van der Waals surface area contributed by atoms with Crippen LogP contribution in [0.4, 0.5) is 0 Å². The number of benzene rings is 8. The molecule has 0 unspecified atom stereocenters. The zero-order valence-corrected chi connectivity index (χ0v) is 24.8. The van der Waals surface area contributed by atoms with Crippen molar-refractivity contribution in [2.75, 3.05) is 0 Å². The topological polar surface area (TPSA) is 26.3 Å². The molecule has 0 atom stereocenters. The first-order valence-corrected chi connectivity index (χ1v) is 15.7. The van der Waals surface area contributed by atoms with Crippen LogP contribution in [0.1, 0.15) is 0 Å². The molecule has 0 bridgehead atoms. The molecule has 0 aliphatic heterocycles. The number of rotatable bonds is 3. The second-order valence-electron chi connectivity index (χ2n) is 12.0. The van der Waals surface area contributed by atoms with Crippen molar-refractivity contribution in [1.29, 1.82) is 0 Å². The van der Waals surface area contributed by atoms with Crippen molar-refractivity contribution >= 4 is 65.4 Å². The van der Waals surface area contributed by atoms with Crippen molar-refractivity contribution in [3.05, 3.63) is 158 Å². The van der Waals surface area contributed by atoms with E-state index in [4.69, 9.17) is 8.83 Å². The van der Waals surface area contributed by atoms with E-state index in [1.165, 1.54) is 54.9 Å². The summed E-state index contributed by atoms with van der Waals surface area (Å²) in [4.78, 5) is 0. The molecule has 0 fully saturated rings. The molecule has 10 aromatic rings. The Morgan fingerprint density at radius 1 is 0.283 bits per heavy atom. The van der Waals surface area contributed by atoms with Crippen LogP contribution in [0, 0.1) is 0 Å². The van der Waals surface area contributed by atoms with Crippen LogP contribution in [0.3, 0.4) is 0 Å². The highest BCUT2D eigenvalue weighted by atomic mass is 16.3. The van der Waals surface area contributed by atoms with Crippen LogP contribution in [-0.2, 0) is 0 Å². The molecule has 2 nitrogen and oxygen atoms in total. The van der Waals surface area contributed by atoms with Gasteiger partial charge < -0.3 is 8.83 Å². The first kappa shape index (κ1) is 25.2.